The quantitative estimate of drug-likeness (QED) is 0.530. The van der Waals surface area contributed by atoms with E-state index in [9.17, 15) is 9.90 Å². The summed E-state index contributed by atoms with van der Waals surface area (Å²) in [5.74, 6) is -0.548. The molecule has 0 aromatic heterocycles. The van der Waals surface area contributed by atoms with E-state index in [-0.39, 0.29) is 5.38 Å². The summed E-state index contributed by atoms with van der Waals surface area (Å²) in [6.45, 7) is 4.07. The molecule has 1 N–H and O–H groups in total. The van der Waals surface area contributed by atoms with Gasteiger partial charge in [-0.15, -0.1) is 11.6 Å². The number of rotatable bonds is 7. The first-order valence-electron chi connectivity index (χ1n) is 5.10. The number of hydrogen-bond donors (Lipinski definition) is 1. The molecule has 0 amide bonds. The zero-order chi connectivity index (χ0) is 11.0. The fourth-order valence-corrected chi connectivity index (χ4v) is 1.50. The van der Waals surface area contributed by atoms with Gasteiger partial charge in [-0.3, -0.25) is 0 Å². The van der Waals surface area contributed by atoms with Crippen molar-refractivity contribution in [3.63, 3.8) is 0 Å². The largest absolute Gasteiger partial charge is 0.464 e. The van der Waals surface area contributed by atoms with Crippen LogP contribution in [0.25, 0.3) is 0 Å². The third-order valence-corrected chi connectivity index (χ3v) is 2.35. The molecule has 0 aromatic carbocycles. The first-order chi connectivity index (χ1) is 6.61. The van der Waals surface area contributed by atoms with Crippen molar-refractivity contribution >= 4 is 17.6 Å². The van der Waals surface area contributed by atoms with Crippen molar-refractivity contribution < 1.29 is 14.6 Å². The van der Waals surface area contributed by atoms with E-state index in [1.807, 2.05) is 0 Å². The Bertz CT molecular complexity index is 161. The number of hydrogen-bond acceptors (Lipinski definition) is 3. The molecule has 3 nitrogen and oxygen atoms in total. The second kappa shape index (κ2) is 8.06. The maximum Gasteiger partial charge on any atom is 0.334 e. The zero-order valence-electron chi connectivity index (χ0n) is 8.83. The Morgan fingerprint density at radius 3 is 2.50 bits per heavy atom. The van der Waals surface area contributed by atoms with Crippen molar-refractivity contribution in [3.05, 3.63) is 0 Å². The second-order valence-electron chi connectivity index (χ2n) is 3.23. The Morgan fingerprint density at radius 2 is 2.00 bits per heavy atom. The second-order valence-corrected chi connectivity index (χ2v) is 3.85. The summed E-state index contributed by atoms with van der Waals surface area (Å²) in [7, 11) is 0. The standard InChI is InChI=1S/C10H19ClO3/c1-3-5-8(11)6-7-9(12)10(13)14-4-2/h8-9,12H,3-7H2,1-2H3. The molecule has 0 radical (unpaired) electrons. The van der Waals surface area contributed by atoms with Crippen LogP contribution >= 0.6 is 11.6 Å². The van der Waals surface area contributed by atoms with E-state index >= 15 is 0 Å². The van der Waals surface area contributed by atoms with E-state index in [2.05, 4.69) is 11.7 Å². The molecule has 0 saturated heterocycles. The predicted molar refractivity (Wildman–Crippen MR) is 56.4 cm³/mol. The molecule has 0 rings (SSSR count). The molecular formula is C10H19ClO3. The Hall–Kier alpha value is -0.280. The van der Waals surface area contributed by atoms with Crippen LogP contribution < -0.4 is 0 Å². The van der Waals surface area contributed by atoms with Crippen LogP contribution in [0.1, 0.15) is 39.5 Å². The van der Waals surface area contributed by atoms with E-state index in [4.69, 9.17) is 11.6 Å². The van der Waals surface area contributed by atoms with Crippen molar-refractivity contribution in [2.75, 3.05) is 6.61 Å². The highest BCUT2D eigenvalue weighted by Gasteiger charge is 2.17. The minimum atomic E-state index is -1.02. The van der Waals surface area contributed by atoms with Crippen LogP contribution in [0.3, 0.4) is 0 Å². The Kier molecular flexibility index (Phi) is 7.90. The minimum Gasteiger partial charge on any atom is -0.464 e. The molecule has 0 saturated carbocycles. The number of ether oxygens (including phenoxy) is 1. The molecule has 0 bridgehead atoms. The highest BCUT2D eigenvalue weighted by Crippen LogP contribution is 2.13. The monoisotopic (exact) mass is 222 g/mol. The SMILES string of the molecule is CCCC(Cl)CCC(O)C(=O)OCC. The molecule has 0 aliphatic rings. The first kappa shape index (κ1) is 13.7. The van der Waals surface area contributed by atoms with Crippen molar-refractivity contribution in [1.82, 2.24) is 0 Å². The molecule has 0 aliphatic carbocycles. The van der Waals surface area contributed by atoms with Gasteiger partial charge in [-0.05, 0) is 26.2 Å². The number of aliphatic hydroxyl groups is 1. The zero-order valence-corrected chi connectivity index (χ0v) is 9.59. The van der Waals surface area contributed by atoms with Crippen molar-refractivity contribution in [3.8, 4) is 0 Å². The number of aliphatic hydroxyl groups excluding tert-OH is 1. The molecule has 2 atom stereocenters. The lowest BCUT2D eigenvalue weighted by molar-refractivity contribution is -0.153. The van der Waals surface area contributed by atoms with Crippen LogP contribution in [0, 0.1) is 0 Å². The lowest BCUT2D eigenvalue weighted by Gasteiger charge is -2.11. The average Bonchev–Trinajstić information content (AvgIpc) is 2.15. The Morgan fingerprint density at radius 1 is 1.36 bits per heavy atom. The number of carbonyl (C=O) groups is 1. The molecule has 14 heavy (non-hydrogen) atoms. The molecule has 0 aliphatic heterocycles. The van der Waals surface area contributed by atoms with Crippen LogP contribution in [0.4, 0.5) is 0 Å². The van der Waals surface area contributed by atoms with Crippen LogP contribution in [-0.2, 0) is 9.53 Å². The molecule has 0 fully saturated rings. The third kappa shape index (κ3) is 6.22. The summed E-state index contributed by atoms with van der Waals surface area (Å²) in [5, 5.41) is 9.38. The summed E-state index contributed by atoms with van der Waals surface area (Å²) in [6.07, 6.45) is 1.94. The summed E-state index contributed by atoms with van der Waals surface area (Å²) < 4.78 is 4.66. The van der Waals surface area contributed by atoms with E-state index < -0.39 is 12.1 Å². The van der Waals surface area contributed by atoms with Gasteiger partial charge >= 0.3 is 5.97 Å². The highest BCUT2D eigenvalue weighted by molar-refractivity contribution is 6.20. The fraction of sp³-hybridized carbons (Fsp3) is 0.900. The maximum atomic E-state index is 11.0. The Labute approximate surface area is 90.4 Å². The summed E-state index contributed by atoms with van der Waals surface area (Å²) in [6, 6.07) is 0. The normalized spacial score (nSPS) is 14.9. The molecule has 2 unspecified atom stereocenters. The van der Waals surface area contributed by atoms with Gasteiger partial charge in [0.25, 0.3) is 0 Å². The van der Waals surface area contributed by atoms with Gasteiger partial charge in [0, 0.05) is 5.38 Å². The lowest BCUT2D eigenvalue weighted by atomic mass is 10.1. The molecule has 0 aromatic rings. The van der Waals surface area contributed by atoms with E-state index in [0.29, 0.717) is 19.4 Å². The topological polar surface area (TPSA) is 46.5 Å². The van der Waals surface area contributed by atoms with Crippen molar-refractivity contribution in [2.45, 2.75) is 51.0 Å². The van der Waals surface area contributed by atoms with Gasteiger partial charge in [0.1, 0.15) is 0 Å². The highest BCUT2D eigenvalue weighted by atomic mass is 35.5. The number of carbonyl (C=O) groups excluding carboxylic acids is 1. The number of alkyl halides is 1. The fourth-order valence-electron chi connectivity index (χ4n) is 1.15. The number of halogens is 1. The molecule has 0 spiro atoms. The van der Waals surface area contributed by atoms with Crippen LogP contribution in [0.5, 0.6) is 0 Å². The van der Waals surface area contributed by atoms with Gasteiger partial charge in [0.15, 0.2) is 6.10 Å². The number of esters is 1. The van der Waals surface area contributed by atoms with Crippen LogP contribution in [0.15, 0.2) is 0 Å². The third-order valence-electron chi connectivity index (χ3n) is 1.91. The van der Waals surface area contributed by atoms with Gasteiger partial charge in [0.05, 0.1) is 6.61 Å². The average molecular weight is 223 g/mol. The first-order valence-corrected chi connectivity index (χ1v) is 5.54. The maximum absolute atomic E-state index is 11.0. The van der Waals surface area contributed by atoms with Crippen LogP contribution in [0.2, 0.25) is 0 Å². The smallest absolute Gasteiger partial charge is 0.334 e. The van der Waals surface area contributed by atoms with Gasteiger partial charge in [-0.25, -0.2) is 4.79 Å². The van der Waals surface area contributed by atoms with Gasteiger partial charge < -0.3 is 9.84 Å². The van der Waals surface area contributed by atoms with Gasteiger partial charge in [-0.1, -0.05) is 13.3 Å². The summed E-state index contributed by atoms with van der Waals surface area (Å²) in [5.41, 5.74) is 0. The molecule has 84 valence electrons. The molecular weight excluding hydrogens is 204 g/mol. The predicted octanol–water partition coefficient (Wildman–Crippen LogP) is 2.10. The molecule has 0 heterocycles. The van der Waals surface area contributed by atoms with E-state index in [1.165, 1.54) is 0 Å². The van der Waals surface area contributed by atoms with E-state index in [0.717, 1.165) is 12.8 Å². The van der Waals surface area contributed by atoms with Crippen LogP contribution in [-0.4, -0.2) is 29.2 Å². The summed E-state index contributed by atoms with van der Waals surface area (Å²) >= 11 is 5.94. The Balaban J connectivity index is 3.61. The van der Waals surface area contributed by atoms with Gasteiger partial charge in [0.2, 0.25) is 0 Å². The lowest BCUT2D eigenvalue weighted by Crippen LogP contribution is -2.23. The van der Waals surface area contributed by atoms with Crippen molar-refractivity contribution in [1.29, 1.82) is 0 Å². The van der Waals surface area contributed by atoms with Gasteiger partial charge in [-0.2, -0.15) is 0 Å². The molecule has 4 heteroatoms. The van der Waals surface area contributed by atoms with E-state index in [1.54, 1.807) is 6.92 Å². The summed E-state index contributed by atoms with van der Waals surface area (Å²) in [4.78, 5) is 11.0. The van der Waals surface area contributed by atoms with Crippen molar-refractivity contribution in [2.24, 2.45) is 0 Å². The minimum absolute atomic E-state index is 0.0454.